The van der Waals surface area contributed by atoms with E-state index in [9.17, 15) is 4.79 Å². The average molecular weight is 436 g/mol. The fourth-order valence-corrected chi connectivity index (χ4v) is 3.64. The summed E-state index contributed by atoms with van der Waals surface area (Å²) in [4.78, 5) is 23.1. The van der Waals surface area contributed by atoms with Crippen molar-refractivity contribution in [2.45, 2.75) is 38.8 Å². The standard InChI is InChI=1S/C21H24N8O3/c1-21(2,3)32-20(30)28-7-6-14(12-28)29-11-13(9-23-29)24-19-17-15(10-22-27-17)25-18(26-19)16-5-4-8-31-16/h4-5,8-11,14H,6-7,12H2,1-3H3,(H,22,27)(H,24,25,26). The highest BCUT2D eigenvalue weighted by Crippen LogP contribution is 2.28. The zero-order chi connectivity index (χ0) is 22.3. The van der Waals surface area contributed by atoms with Crippen LogP contribution in [0.15, 0.2) is 41.4 Å². The van der Waals surface area contributed by atoms with Gasteiger partial charge in [0.25, 0.3) is 0 Å². The van der Waals surface area contributed by atoms with E-state index in [0.29, 0.717) is 41.5 Å². The summed E-state index contributed by atoms with van der Waals surface area (Å²) in [6.07, 6.45) is 7.37. The van der Waals surface area contributed by atoms with Crippen LogP contribution in [0.2, 0.25) is 0 Å². The third-order valence-electron chi connectivity index (χ3n) is 5.10. The summed E-state index contributed by atoms with van der Waals surface area (Å²) in [6, 6.07) is 3.67. The molecule has 0 aliphatic carbocycles. The Labute approximate surface area is 183 Å². The van der Waals surface area contributed by atoms with Crippen molar-refractivity contribution < 1.29 is 13.9 Å². The number of rotatable bonds is 4. The molecule has 0 bridgehead atoms. The number of hydrogen-bond acceptors (Lipinski definition) is 8. The molecular formula is C21H24N8O3. The van der Waals surface area contributed by atoms with E-state index in [1.807, 2.05) is 31.6 Å². The van der Waals surface area contributed by atoms with E-state index in [1.165, 1.54) is 0 Å². The van der Waals surface area contributed by atoms with Gasteiger partial charge in [-0.25, -0.2) is 14.8 Å². The first-order chi connectivity index (χ1) is 15.4. The van der Waals surface area contributed by atoms with Crippen LogP contribution >= 0.6 is 0 Å². The maximum Gasteiger partial charge on any atom is 0.410 e. The fraction of sp³-hybridized carbons (Fsp3) is 0.381. The van der Waals surface area contributed by atoms with Crippen molar-refractivity contribution in [3.63, 3.8) is 0 Å². The second kappa shape index (κ2) is 7.66. The summed E-state index contributed by atoms with van der Waals surface area (Å²) in [5, 5.41) is 14.8. The summed E-state index contributed by atoms with van der Waals surface area (Å²) in [5.41, 5.74) is 1.61. The van der Waals surface area contributed by atoms with Gasteiger partial charge >= 0.3 is 6.09 Å². The Bertz CT molecular complexity index is 1240. The van der Waals surface area contributed by atoms with Gasteiger partial charge in [0.15, 0.2) is 17.4 Å². The van der Waals surface area contributed by atoms with Crippen LogP contribution in [-0.4, -0.2) is 59.6 Å². The molecule has 1 amide bonds. The van der Waals surface area contributed by atoms with Gasteiger partial charge in [0.05, 0.1) is 30.4 Å². The molecular weight excluding hydrogens is 412 g/mol. The lowest BCUT2D eigenvalue weighted by molar-refractivity contribution is 0.0288. The predicted molar refractivity (Wildman–Crippen MR) is 116 cm³/mol. The number of hydrogen-bond donors (Lipinski definition) is 2. The topological polar surface area (TPSA) is 127 Å². The van der Waals surface area contributed by atoms with E-state index in [4.69, 9.17) is 9.15 Å². The number of nitrogens with one attached hydrogen (secondary N) is 2. The lowest BCUT2D eigenvalue weighted by Crippen LogP contribution is -2.35. The molecule has 32 heavy (non-hydrogen) atoms. The molecule has 4 aromatic heterocycles. The van der Waals surface area contributed by atoms with Crippen molar-refractivity contribution >= 4 is 28.6 Å². The Morgan fingerprint density at radius 2 is 2.19 bits per heavy atom. The van der Waals surface area contributed by atoms with Gasteiger partial charge in [-0.05, 0) is 39.3 Å². The lowest BCUT2D eigenvalue weighted by atomic mass is 10.2. The van der Waals surface area contributed by atoms with Crippen molar-refractivity contribution in [1.82, 2.24) is 34.8 Å². The number of ether oxygens (including phenoxy) is 1. The quantitative estimate of drug-likeness (QED) is 0.495. The maximum absolute atomic E-state index is 12.3. The van der Waals surface area contributed by atoms with E-state index >= 15 is 0 Å². The number of fused-ring (bicyclic) bond motifs is 1. The fourth-order valence-electron chi connectivity index (χ4n) is 3.64. The molecule has 2 N–H and O–H groups in total. The Morgan fingerprint density at radius 1 is 1.31 bits per heavy atom. The molecule has 5 rings (SSSR count). The molecule has 5 heterocycles. The average Bonchev–Trinajstić information content (AvgIpc) is 3.53. The van der Waals surface area contributed by atoms with Crippen molar-refractivity contribution in [3.05, 3.63) is 37.0 Å². The Kier molecular flexibility index (Phi) is 4.80. The normalized spacial score (nSPS) is 16.6. The summed E-state index contributed by atoms with van der Waals surface area (Å²) in [5.74, 6) is 1.60. The van der Waals surface area contributed by atoms with Crippen LogP contribution in [0.4, 0.5) is 16.3 Å². The van der Waals surface area contributed by atoms with Gasteiger partial charge in [0.1, 0.15) is 16.6 Å². The number of aromatic amines is 1. The first-order valence-electron chi connectivity index (χ1n) is 10.4. The third-order valence-corrected chi connectivity index (χ3v) is 5.10. The molecule has 0 saturated carbocycles. The SMILES string of the molecule is CC(C)(C)OC(=O)N1CCC(n2cc(Nc3nc(-c4ccco4)nc4cn[nH]c34)cn2)C1. The number of anilines is 2. The summed E-state index contributed by atoms with van der Waals surface area (Å²) in [7, 11) is 0. The molecule has 0 spiro atoms. The van der Waals surface area contributed by atoms with Gasteiger partial charge < -0.3 is 19.4 Å². The maximum atomic E-state index is 12.3. The second-order valence-electron chi connectivity index (χ2n) is 8.71. The Balaban J connectivity index is 1.33. The van der Waals surface area contributed by atoms with Crippen LogP contribution in [0.5, 0.6) is 0 Å². The number of aromatic nitrogens is 6. The molecule has 4 aromatic rings. The van der Waals surface area contributed by atoms with E-state index in [-0.39, 0.29) is 12.1 Å². The molecule has 1 fully saturated rings. The summed E-state index contributed by atoms with van der Waals surface area (Å²) in [6.45, 7) is 6.79. The number of amides is 1. The third kappa shape index (κ3) is 4.01. The predicted octanol–water partition coefficient (Wildman–Crippen LogP) is 3.73. The van der Waals surface area contributed by atoms with Crippen LogP contribution in [0.25, 0.3) is 22.6 Å². The van der Waals surface area contributed by atoms with Gasteiger partial charge in [0, 0.05) is 19.3 Å². The molecule has 0 aromatic carbocycles. The van der Waals surface area contributed by atoms with E-state index < -0.39 is 5.60 Å². The minimum Gasteiger partial charge on any atom is -0.461 e. The smallest absolute Gasteiger partial charge is 0.410 e. The van der Waals surface area contributed by atoms with E-state index in [2.05, 4.69) is 30.6 Å². The Morgan fingerprint density at radius 3 is 2.97 bits per heavy atom. The minimum absolute atomic E-state index is 0.0781. The highest BCUT2D eigenvalue weighted by molar-refractivity contribution is 5.88. The van der Waals surface area contributed by atoms with Gasteiger partial charge in [-0.1, -0.05) is 0 Å². The number of likely N-dealkylation sites (tertiary alicyclic amines) is 1. The number of nitrogens with zero attached hydrogens (tertiary/aromatic N) is 6. The summed E-state index contributed by atoms with van der Waals surface area (Å²) >= 11 is 0. The molecule has 166 valence electrons. The van der Waals surface area contributed by atoms with Gasteiger partial charge in [-0.2, -0.15) is 10.2 Å². The van der Waals surface area contributed by atoms with Gasteiger partial charge in [-0.3, -0.25) is 9.78 Å². The van der Waals surface area contributed by atoms with E-state index in [0.717, 1.165) is 12.1 Å². The number of H-pyrrole nitrogens is 1. The van der Waals surface area contributed by atoms with Crippen LogP contribution in [0, 0.1) is 0 Å². The number of carbonyl (C=O) groups is 1. The molecule has 1 atom stereocenters. The molecule has 11 heteroatoms. The highest BCUT2D eigenvalue weighted by atomic mass is 16.6. The highest BCUT2D eigenvalue weighted by Gasteiger charge is 2.31. The van der Waals surface area contributed by atoms with Crippen LogP contribution < -0.4 is 5.32 Å². The second-order valence-corrected chi connectivity index (χ2v) is 8.71. The van der Waals surface area contributed by atoms with Crippen molar-refractivity contribution in [3.8, 4) is 11.6 Å². The monoisotopic (exact) mass is 436 g/mol. The minimum atomic E-state index is -0.512. The van der Waals surface area contributed by atoms with E-state index in [1.54, 1.807) is 35.7 Å². The number of furan rings is 1. The number of carbonyl (C=O) groups excluding carboxylic acids is 1. The zero-order valence-electron chi connectivity index (χ0n) is 18.1. The molecule has 1 unspecified atom stereocenters. The first-order valence-corrected chi connectivity index (χ1v) is 10.4. The van der Waals surface area contributed by atoms with Gasteiger partial charge in [-0.15, -0.1) is 0 Å². The zero-order valence-corrected chi connectivity index (χ0v) is 18.1. The van der Waals surface area contributed by atoms with Crippen molar-refractivity contribution in [1.29, 1.82) is 0 Å². The Hall–Kier alpha value is -3.89. The van der Waals surface area contributed by atoms with Crippen LogP contribution in [-0.2, 0) is 4.74 Å². The molecule has 1 aliphatic heterocycles. The van der Waals surface area contributed by atoms with Gasteiger partial charge in [0.2, 0.25) is 0 Å². The van der Waals surface area contributed by atoms with Crippen LogP contribution in [0.3, 0.4) is 0 Å². The van der Waals surface area contributed by atoms with Crippen molar-refractivity contribution in [2.24, 2.45) is 0 Å². The lowest BCUT2D eigenvalue weighted by Gasteiger charge is -2.24. The summed E-state index contributed by atoms with van der Waals surface area (Å²) < 4.78 is 12.8. The molecule has 0 radical (unpaired) electrons. The van der Waals surface area contributed by atoms with Crippen molar-refractivity contribution in [2.75, 3.05) is 18.4 Å². The molecule has 1 saturated heterocycles. The molecule has 1 aliphatic rings. The molecule has 11 nitrogen and oxygen atoms in total. The van der Waals surface area contributed by atoms with Crippen LogP contribution in [0.1, 0.15) is 33.2 Å². The first kappa shape index (κ1) is 20.0. The largest absolute Gasteiger partial charge is 0.461 e.